The number of carbonyl (C=O) groups is 1. The zero-order chi connectivity index (χ0) is 37.1. The Hall–Kier alpha value is -3.41. The first-order valence-electron chi connectivity index (χ1n) is 18.7. The largest absolute Gasteiger partial charge is 0.493 e. The van der Waals surface area contributed by atoms with Crippen molar-refractivity contribution in [1.29, 1.82) is 0 Å². The number of benzene rings is 3. The summed E-state index contributed by atoms with van der Waals surface area (Å²) in [4.78, 5) is 12.0. The van der Waals surface area contributed by atoms with Gasteiger partial charge in [-0.2, -0.15) is 0 Å². The van der Waals surface area contributed by atoms with Crippen LogP contribution in [-0.4, -0.2) is 41.6 Å². The molecule has 3 aromatic rings. The molecule has 0 saturated heterocycles. The van der Waals surface area contributed by atoms with Crippen molar-refractivity contribution >= 4 is 5.97 Å². The lowest BCUT2D eigenvalue weighted by Crippen LogP contribution is -2.46. The zero-order valence-corrected chi connectivity index (χ0v) is 32.4. The fourth-order valence-electron chi connectivity index (χ4n) is 6.50. The van der Waals surface area contributed by atoms with E-state index in [0.717, 1.165) is 29.7 Å². The van der Waals surface area contributed by atoms with Gasteiger partial charge < -0.3 is 19.7 Å². The number of aliphatic hydroxyl groups is 2. The first-order chi connectivity index (χ1) is 23.6. The molecule has 274 valence electrons. The second-order valence-electron chi connectivity index (χ2n) is 16.1. The van der Waals surface area contributed by atoms with E-state index < -0.39 is 12.2 Å². The van der Waals surface area contributed by atoms with Gasteiger partial charge in [0.2, 0.25) is 0 Å². The van der Waals surface area contributed by atoms with Gasteiger partial charge in [-0.25, -0.2) is 4.79 Å². The fraction of sp³-hybridized carbons (Fsp3) is 0.533. The summed E-state index contributed by atoms with van der Waals surface area (Å²) in [6.45, 7) is 22.4. The molecule has 0 aliphatic rings. The maximum Gasteiger partial charge on any atom is 0.333 e. The molecule has 0 bridgehead atoms. The van der Waals surface area contributed by atoms with Gasteiger partial charge in [0, 0.05) is 11.5 Å². The van der Waals surface area contributed by atoms with Crippen molar-refractivity contribution in [3.8, 4) is 28.0 Å². The quantitative estimate of drug-likeness (QED) is 0.0792. The molecule has 2 unspecified atom stereocenters. The molecule has 0 spiro atoms. The average molecular weight is 685 g/mol. The molecule has 5 heteroatoms. The first-order valence-corrected chi connectivity index (χ1v) is 18.7. The molecule has 3 aromatic carbocycles. The molecule has 5 nitrogen and oxygen atoms in total. The summed E-state index contributed by atoms with van der Waals surface area (Å²) in [6, 6.07) is 22.1. The number of carbonyl (C=O) groups excluding carboxylic acids is 1. The summed E-state index contributed by atoms with van der Waals surface area (Å²) >= 11 is 0. The van der Waals surface area contributed by atoms with E-state index in [-0.39, 0.29) is 22.7 Å². The van der Waals surface area contributed by atoms with Crippen LogP contribution in [0.4, 0.5) is 0 Å². The molecule has 3 rings (SSSR count). The molecule has 0 saturated carbocycles. The van der Waals surface area contributed by atoms with Crippen LogP contribution in [-0.2, 0) is 28.8 Å². The first kappa shape index (κ1) is 41.0. The van der Waals surface area contributed by atoms with E-state index in [0.29, 0.717) is 38.0 Å². The predicted octanol–water partition coefficient (Wildman–Crippen LogP) is 10.6. The Balaban J connectivity index is 1.88. The fourth-order valence-corrected chi connectivity index (χ4v) is 6.50. The van der Waals surface area contributed by atoms with Crippen molar-refractivity contribution in [2.45, 2.75) is 126 Å². The molecular formula is C45H64O5. The Morgan fingerprint density at radius 3 is 1.92 bits per heavy atom. The van der Waals surface area contributed by atoms with Gasteiger partial charge in [0.15, 0.2) is 0 Å². The lowest BCUT2D eigenvalue weighted by Gasteiger charge is -2.40. The number of hydrogen-bond acceptors (Lipinski definition) is 5. The predicted molar refractivity (Wildman–Crippen MR) is 209 cm³/mol. The highest BCUT2D eigenvalue weighted by atomic mass is 16.5. The van der Waals surface area contributed by atoms with E-state index >= 15 is 0 Å². The van der Waals surface area contributed by atoms with Crippen molar-refractivity contribution in [2.24, 2.45) is 16.7 Å². The maximum atomic E-state index is 12.0. The van der Waals surface area contributed by atoms with Crippen LogP contribution in [0.5, 0.6) is 5.75 Å². The van der Waals surface area contributed by atoms with E-state index in [4.69, 9.17) is 9.47 Å². The molecule has 50 heavy (non-hydrogen) atoms. The Morgan fingerprint density at radius 2 is 1.34 bits per heavy atom. The highest BCUT2D eigenvalue weighted by Crippen LogP contribution is 2.37. The summed E-state index contributed by atoms with van der Waals surface area (Å²) in [6.07, 6.45) is 6.19. The third kappa shape index (κ3) is 11.8. The van der Waals surface area contributed by atoms with Crippen molar-refractivity contribution in [1.82, 2.24) is 0 Å². The second-order valence-corrected chi connectivity index (χ2v) is 16.1. The van der Waals surface area contributed by atoms with Gasteiger partial charge in [-0.15, -0.1) is 0 Å². The molecule has 0 aliphatic carbocycles. The van der Waals surface area contributed by atoms with Crippen molar-refractivity contribution in [3.05, 3.63) is 89.5 Å². The molecular weight excluding hydrogens is 620 g/mol. The Kier molecular flexibility index (Phi) is 15.4. The van der Waals surface area contributed by atoms with Crippen molar-refractivity contribution in [2.75, 3.05) is 13.2 Å². The maximum absolute atomic E-state index is 12.0. The zero-order valence-electron chi connectivity index (χ0n) is 32.4. The van der Waals surface area contributed by atoms with E-state index in [1.807, 2.05) is 47.6 Å². The Bertz CT molecular complexity index is 1500. The molecule has 0 aliphatic heterocycles. The summed E-state index contributed by atoms with van der Waals surface area (Å²) in [5.41, 5.74) is 8.08. The molecule has 0 amide bonds. The minimum Gasteiger partial charge on any atom is -0.493 e. The third-order valence-electron chi connectivity index (χ3n) is 9.68. The van der Waals surface area contributed by atoms with Gasteiger partial charge in [0.1, 0.15) is 5.75 Å². The van der Waals surface area contributed by atoms with Gasteiger partial charge in [0.05, 0.1) is 25.4 Å². The number of rotatable bonds is 18. The summed E-state index contributed by atoms with van der Waals surface area (Å²) in [5, 5.41) is 22.5. The monoisotopic (exact) mass is 684 g/mol. The average Bonchev–Trinajstić information content (AvgIpc) is 3.07. The van der Waals surface area contributed by atoms with Crippen LogP contribution in [0.3, 0.4) is 0 Å². The van der Waals surface area contributed by atoms with Gasteiger partial charge in [-0.3, -0.25) is 0 Å². The standard InChI is InChI=1S/C45H64O5/c1-11-13-14-16-32-18-20-34(21-19-32)35-22-24-38(33(12-2)29-35)36-23-25-40(37(30-36)17-15-27-50-43(48)31(3)4)49-28-26-39(41(46)44(5,6)7)42(47)45(8,9)10/h18-25,29-30,39,41-42,46-47H,3,11-17,26-28H2,1-2,4-10H3. The third-order valence-corrected chi connectivity index (χ3v) is 9.68. The highest BCUT2D eigenvalue weighted by Gasteiger charge is 2.39. The molecule has 2 N–H and O–H groups in total. The molecule has 0 radical (unpaired) electrons. The minimum absolute atomic E-state index is 0.291. The van der Waals surface area contributed by atoms with Crippen LogP contribution in [0.1, 0.15) is 111 Å². The number of unbranched alkanes of at least 4 members (excludes halogenated alkanes) is 2. The summed E-state index contributed by atoms with van der Waals surface area (Å²) in [5.74, 6) is 0.0416. The number of hydrogen-bond donors (Lipinski definition) is 2. The van der Waals surface area contributed by atoms with Crippen molar-refractivity contribution < 1.29 is 24.5 Å². The number of aliphatic hydroxyl groups excluding tert-OH is 2. The molecule has 0 fully saturated rings. The number of esters is 1. The lowest BCUT2D eigenvalue weighted by molar-refractivity contribution is -0.139. The SMILES string of the molecule is C=C(C)C(=O)OCCCc1cc(-c2ccc(-c3ccc(CCCCC)cc3)cc2CC)ccc1OCCC(C(O)C(C)(C)C)C(O)C(C)(C)C. The number of ether oxygens (including phenoxy) is 2. The van der Waals surface area contributed by atoms with Crippen LogP contribution < -0.4 is 4.74 Å². The normalized spacial score (nSPS) is 13.8. The van der Waals surface area contributed by atoms with Gasteiger partial charge >= 0.3 is 5.97 Å². The smallest absolute Gasteiger partial charge is 0.333 e. The van der Waals surface area contributed by atoms with Gasteiger partial charge in [-0.1, -0.05) is 123 Å². The van der Waals surface area contributed by atoms with Gasteiger partial charge in [0.25, 0.3) is 0 Å². The van der Waals surface area contributed by atoms with E-state index in [1.54, 1.807) is 6.92 Å². The van der Waals surface area contributed by atoms with Crippen LogP contribution >= 0.6 is 0 Å². The topological polar surface area (TPSA) is 76.0 Å². The minimum atomic E-state index is -0.690. The molecule has 0 aromatic heterocycles. The van der Waals surface area contributed by atoms with Crippen LogP contribution in [0.15, 0.2) is 72.8 Å². The van der Waals surface area contributed by atoms with E-state index in [1.165, 1.54) is 47.1 Å². The molecule has 0 heterocycles. The van der Waals surface area contributed by atoms with Crippen LogP contribution in [0.25, 0.3) is 22.3 Å². The van der Waals surface area contributed by atoms with Crippen LogP contribution in [0, 0.1) is 16.7 Å². The van der Waals surface area contributed by atoms with E-state index in [9.17, 15) is 15.0 Å². The van der Waals surface area contributed by atoms with E-state index in [2.05, 4.69) is 75.0 Å². The summed E-state index contributed by atoms with van der Waals surface area (Å²) < 4.78 is 11.8. The lowest BCUT2D eigenvalue weighted by atomic mass is 9.71. The second kappa shape index (κ2) is 18.7. The highest BCUT2D eigenvalue weighted by molar-refractivity contribution is 5.86. The number of aryl methyl sites for hydroxylation is 3. The Morgan fingerprint density at radius 1 is 0.740 bits per heavy atom. The molecule has 2 atom stereocenters. The van der Waals surface area contributed by atoms with Crippen molar-refractivity contribution in [3.63, 3.8) is 0 Å². The Labute approximate surface area is 303 Å². The van der Waals surface area contributed by atoms with Gasteiger partial charge in [-0.05, 0) is 107 Å². The summed E-state index contributed by atoms with van der Waals surface area (Å²) in [7, 11) is 0. The van der Waals surface area contributed by atoms with Crippen LogP contribution in [0.2, 0.25) is 0 Å².